The SMILES string of the molecule is CN/C([S-])=N/N=C(/C(=N/N=C(\[S-])NCCOC[P+](c1ccccc1)(c1ccccc1)c1ccccc1)c1ccccc1)c1ccc(Br)cc1.[Cu+2]. The van der Waals surface area contributed by atoms with Gasteiger partial charge in [-0.3, -0.25) is 0 Å². The van der Waals surface area contributed by atoms with Crippen LogP contribution in [-0.2, 0) is 47.1 Å². The molecule has 50 heavy (non-hydrogen) atoms. The second-order valence-corrected chi connectivity index (χ2v) is 15.7. The Morgan fingerprint density at radius 1 is 0.600 bits per heavy atom. The molecule has 0 aliphatic carbocycles. The van der Waals surface area contributed by atoms with Gasteiger partial charge in [-0.15, -0.1) is 10.2 Å². The first-order valence-electron chi connectivity index (χ1n) is 15.5. The van der Waals surface area contributed by atoms with Crippen molar-refractivity contribution in [1.29, 1.82) is 0 Å². The van der Waals surface area contributed by atoms with Crippen LogP contribution in [0.5, 0.6) is 0 Å². The number of nitrogens with zero attached hydrogens (tertiary/aromatic N) is 4. The van der Waals surface area contributed by atoms with Crippen molar-refractivity contribution >= 4 is 86.1 Å². The molecule has 0 aliphatic rings. The van der Waals surface area contributed by atoms with Crippen LogP contribution in [-0.4, -0.2) is 48.3 Å². The molecule has 0 saturated carbocycles. The number of nitrogens with one attached hydrogen (secondary N) is 2. The van der Waals surface area contributed by atoms with E-state index in [0.29, 0.717) is 30.9 Å². The van der Waals surface area contributed by atoms with E-state index in [1.807, 2.05) is 54.6 Å². The van der Waals surface area contributed by atoms with Crippen molar-refractivity contribution in [1.82, 2.24) is 10.6 Å². The predicted octanol–water partition coefficient (Wildman–Crippen LogP) is 6.14. The van der Waals surface area contributed by atoms with Crippen molar-refractivity contribution in [3.63, 3.8) is 0 Å². The quantitative estimate of drug-likeness (QED) is 0.0284. The van der Waals surface area contributed by atoms with Gasteiger partial charge in [0.05, 0.1) is 6.61 Å². The second-order valence-electron chi connectivity index (χ2n) is 10.6. The molecular formula is C38H35BrCuN6OPS2+. The van der Waals surface area contributed by atoms with Gasteiger partial charge in [-0.1, -0.05) is 113 Å². The summed E-state index contributed by atoms with van der Waals surface area (Å²) >= 11 is 14.3. The summed E-state index contributed by atoms with van der Waals surface area (Å²) < 4.78 is 7.41. The molecule has 0 aromatic heterocycles. The number of hydrogen-bond donors (Lipinski definition) is 2. The van der Waals surface area contributed by atoms with E-state index < -0.39 is 7.26 Å². The maximum absolute atomic E-state index is 6.47. The Morgan fingerprint density at radius 3 is 1.48 bits per heavy atom. The van der Waals surface area contributed by atoms with Crippen molar-refractivity contribution in [3.8, 4) is 0 Å². The monoisotopic (exact) mass is 828 g/mol. The molecule has 5 aromatic rings. The van der Waals surface area contributed by atoms with Gasteiger partial charge in [0.15, 0.2) is 6.35 Å². The van der Waals surface area contributed by atoms with E-state index in [9.17, 15) is 0 Å². The van der Waals surface area contributed by atoms with Gasteiger partial charge < -0.3 is 40.6 Å². The maximum Gasteiger partial charge on any atom is 2.00 e. The molecule has 0 aliphatic heterocycles. The molecule has 0 saturated heterocycles. The Morgan fingerprint density at radius 2 is 1.02 bits per heavy atom. The average molecular weight is 830 g/mol. The molecule has 0 bridgehead atoms. The van der Waals surface area contributed by atoms with Gasteiger partial charge in [0.25, 0.3) is 0 Å². The molecule has 5 aromatic carbocycles. The molecule has 0 fully saturated rings. The Hall–Kier alpha value is -3.79. The molecule has 0 atom stereocenters. The summed E-state index contributed by atoms with van der Waals surface area (Å²) in [7, 11) is -0.406. The van der Waals surface area contributed by atoms with Gasteiger partial charge >= 0.3 is 17.1 Å². The third kappa shape index (κ3) is 10.4. The molecule has 0 spiro atoms. The first-order chi connectivity index (χ1) is 24.0. The van der Waals surface area contributed by atoms with Crippen LogP contribution in [0.25, 0.3) is 0 Å². The average Bonchev–Trinajstić information content (AvgIpc) is 3.16. The van der Waals surface area contributed by atoms with Crippen LogP contribution in [0.15, 0.2) is 170 Å². The van der Waals surface area contributed by atoms with Crippen molar-refractivity contribution in [2.24, 2.45) is 20.4 Å². The minimum absolute atomic E-state index is 0. The largest absolute Gasteiger partial charge is 2.00 e. The summed E-state index contributed by atoms with van der Waals surface area (Å²) in [5.74, 6) is 0. The zero-order valence-electron chi connectivity index (χ0n) is 27.1. The minimum Gasteiger partial charge on any atom is -0.741 e. The predicted molar refractivity (Wildman–Crippen MR) is 216 cm³/mol. The first kappa shape index (κ1) is 39.0. The van der Waals surface area contributed by atoms with Crippen LogP contribution in [0.2, 0.25) is 0 Å². The minimum atomic E-state index is -2.10. The molecule has 7 nitrogen and oxygen atoms in total. The van der Waals surface area contributed by atoms with Crippen LogP contribution >= 0.6 is 23.2 Å². The molecule has 0 unspecified atom stereocenters. The first-order valence-corrected chi connectivity index (χ1v) is 19.1. The van der Waals surface area contributed by atoms with Gasteiger partial charge in [-0.2, -0.15) is 10.2 Å². The zero-order valence-corrected chi connectivity index (χ0v) is 32.2. The Labute approximate surface area is 324 Å². The fourth-order valence-corrected chi connectivity index (χ4v) is 9.35. The van der Waals surface area contributed by atoms with E-state index in [4.69, 9.17) is 30.0 Å². The molecule has 2 N–H and O–H groups in total. The number of hydrogen-bond acceptors (Lipinski definition) is 7. The number of ether oxygens (including phenoxy) is 1. The summed E-state index contributed by atoms with van der Waals surface area (Å²) in [6.07, 6.45) is 0.540. The van der Waals surface area contributed by atoms with Gasteiger partial charge in [0.1, 0.15) is 34.6 Å². The Bertz CT molecular complexity index is 1800. The molecule has 12 heteroatoms. The Balaban J connectivity index is 0.00000562. The van der Waals surface area contributed by atoms with Crippen molar-refractivity contribution in [3.05, 3.63) is 161 Å². The van der Waals surface area contributed by atoms with Crippen LogP contribution < -0.4 is 26.5 Å². The van der Waals surface area contributed by atoms with Crippen LogP contribution in [0, 0.1) is 0 Å². The Kier molecular flexibility index (Phi) is 15.7. The third-order valence-electron chi connectivity index (χ3n) is 7.48. The smallest absolute Gasteiger partial charge is 0.741 e. The van der Waals surface area contributed by atoms with Crippen LogP contribution in [0.3, 0.4) is 0 Å². The maximum atomic E-state index is 6.47. The summed E-state index contributed by atoms with van der Waals surface area (Å²) in [6, 6.07) is 49.3. The van der Waals surface area contributed by atoms with Crippen molar-refractivity contribution in [2.45, 2.75) is 0 Å². The fraction of sp³-hybridized carbons (Fsp3) is 0.105. The van der Waals surface area contributed by atoms with Crippen LogP contribution in [0.4, 0.5) is 0 Å². The third-order valence-corrected chi connectivity index (χ3v) is 12.6. The molecule has 0 amide bonds. The fourth-order valence-electron chi connectivity index (χ4n) is 5.11. The summed E-state index contributed by atoms with van der Waals surface area (Å²) in [5.41, 5.74) is 2.58. The number of rotatable bonds is 13. The van der Waals surface area contributed by atoms with Gasteiger partial charge in [-0.05, 0) is 58.9 Å². The van der Waals surface area contributed by atoms with Crippen LogP contribution in [0.1, 0.15) is 11.1 Å². The second kappa shape index (κ2) is 20.2. The summed E-state index contributed by atoms with van der Waals surface area (Å²) in [5, 5.41) is 27.9. The standard InChI is InChI=1S/C38H36BrN6OPS2.Cu/c1-40-37(48)44-42-36(30-22-24-31(39)25-23-30)35(29-14-6-2-7-15-29)43-45-38(49)41-26-27-46-28-47(32-16-8-3-9-17-32,33-18-10-4-11-19-33)34-20-12-5-13-21-34;/h2-25H,26-28H2,1H3,(H3-,40,41,42,43,44,45,48,49);/q;+2/p-1. The summed E-state index contributed by atoms with van der Waals surface area (Å²) in [6.45, 7) is 0.876. The number of amidine groups is 2. The molecule has 1 radical (unpaired) electrons. The normalized spacial score (nSPS) is 12.6. The number of halogens is 1. The van der Waals surface area contributed by atoms with E-state index in [2.05, 4.69) is 138 Å². The topological polar surface area (TPSA) is 82.7 Å². The van der Waals surface area contributed by atoms with Gasteiger partial charge in [0.2, 0.25) is 0 Å². The molecule has 5 rings (SSSR count). The molecule has 257 valence electrons. The van der Waals surface area contributed by atoms with E-state index >= 15 is 0 Å². The van der Waals surface area contributed by atoms with Gasteiger partial charge in [-0.25, -0.2) is 0 Å². The van der Waals surface area contributed by atoms with Gasteiger partial charge in [0, 0.05) is 29.2 Å². The number of benzene rings is 5. The van der Waals surface area contributed by atoms with Crippen molar-refractivity contribution in [2.75, 3.05) is 26.5 Å². The van der Waals surface area contributed by atoms with E-state index in [-0.39, 0.29) is 27.4 Å². The van der Waals surface area contributed by atoms with E-state index in [1.54, 1.807) is 7.05 Å². The zero-order chi connectivity index (χ0) is 34.3. The van der Waals surface area contributed by atoms with E-state index in [0.717, 1.165) is 15.6 Å². The van der Waals surface area contributed by atoms with E-state index in [1.165, 1.54) is 15.9 Å². The summed E-state index contributed by atoms with van der Waals surface area (Å²) in [4.78, 5) is 0. The molecular weight excluding hydrogens is 795 g/mol. The molecule has 0 heterocycles. The van der Waals surface area contributed by atoms with Crippen molar-refractivity contribution < 1.29 is 21.8 Å².